The van der Waals surface area contributed by atoms with Gasteiger partial charge < -0.3 is 5.32 Å². The Bertz CT molecular complexity index is 740. The summed E-state index contributed by atoms with van der Waals surface area (Å²) in [4.78, 5) is 14.8. The Hall–Kier alpha value is -2.20. The largest absolute Gasteiger partial charge is 0.352 e. The van der Waals surface area contributed by atoms with E-state index in [1.807, 2.05) is 6.07 Å². The lowest BCUT2D eigenvalue weighted by Gasteiger charge is -2.20. The summed E-state index contributed by atoms with van der Waals surface area (Å²) in [6.07, 6.45) is 0.846. The number of hydrogen-bond acceptors (Lipinski definition) is 2. The van der Waals surface area contributed by atoms with Crippen LogP contribution in [-0.4, -0.2) is 23.9 Å². The van der Waals surface area contributed by atoms with E-state index in [-0.39, 0.29) is 23.6 Å². The first-order valence-electron chi connectivity index (χ1n) is 9.44. The molecule has 1 aliphatic rings. The third-order valence-corrected chi connectivity index (χ3v) is 5.29. The first kappa shape index (κ1) is 18.6. The van der Waals surface area contributed by atoms with Crippen LogP contribution in [0.3, 0.4) is 0 Å². The Morgan fingerprint density at radius 2 is 1.73 bits per heavy atom. The predicted octanol–water partition coefficient (Wildman–Crippen LogP) is 4.09. The monoisotopic (exact) mass is 354 g/mol. The third kappa shape index (κ3) is 4.50. The molecule has 2 atom stereocenters. The first-order valence-corrected chi connectivity index (χ1v) is 9.44. The first-order chi connectivity index (χ1) is 12.6. The molecule has 138 valence electrons. The zero-order valence-electron chi connectivity index (χ0n) is 15.5. The standard InChI is InChI=1S/C22H27FN2O/c1-3-25(4-2)15-18-8-6-5-7-17(18)14-24-22(26)21-13-20(21)16-9-11-19(23)12-10-16/h5-12,20-21H,3-4,13-15H2,1-2H3,(H,24,26). The van der Waals surface area contributed by atoms with E-state index in [4.69, 9.17) is 0 Å². The summed E-state index contributed by atoms with van der Waals surface area (Å²) in [7, 11) is 0. The van der Waals surface area contributed by atoms with E-state index >= 15 is 0 Å². The van der Waals surface area contributed by atoms with E-state index in [0.717, 1.165) is 31.6 Å². The highest BCUT2D eigenvalue weighted by Gasteiger charge is 2.43. The molecule has 3 rings (SSSR count). The van der Waals surface area contributed by atoms with Crippen LogP contribution in [0.15, 0.2) is 48.5 Å². The number of amides is 1. The molecule has 0 saturated heterocycles. The van der Waals surface area contributed by atoms with Crippen LogP contribution >= 0.6 is 0 Å². The van der Waals surface area contributed by atoms with Crippen molar-refractivity contribution >= 4 is 5.91 Å². The predicted molar refractivity (Wildman–Crippen MR) is 102 cm³/mol. The van der Waals surface area contributed by atoms with Gasteiger partial charge in [-0.1, -0.05) is 50.2 Å². The minimum atomic E-state index is -0.236. The van der Waals surface area contributed by atoms with Gasteiger partial charge in [0.05, 0.1) is 0 Å². The van der Waals surface area contributed by atoms with E-state index < -0.39 is 0 Å². The topological polar surface area (TPSA) is 32.3 Å². The SMILES string of the molecule is CCN(CC)Cc1ccccc1CNC(=O)C1CC1c1ccc(F)cc1. The second kappa shape index (κ2) is 8.45. The molecule has 0 bridgehead atoms. The molecule has 0 heterocycles. The van der Waals surface area contributed by atoms with Gasteiger partial charge in [-0.15, -0.1) is 0 Å². The van der Waals surface area contributed by atoms with Crippen LogP contribution in [0.5, 0.6) is 0 Å². The lowest BCUT2D eigenvalue weighted by molar-refractivity contribution is -0.122. The van der Waals surface area contributed by atoms with Crippen molar-refractivity contribution in [3.8, 4) is 0 Å². The van der Waals surface area contributed by atoms with E-state index in [0.29, 0.717) is 6.54 Å². The van der Waals surface area contributed by atoms with Gasteiger partial charge in [0, 0.05) is 19.0 Å². The third-order valence-electron chi connectivity index (χ3n) is 5.29. The quantitative estimate of drug-likeness (QED) is 0.774. The number of rotatable bonds is 8. The molecule has 1 saturated carbocycles. The molecule has 2 unspecified atom stereocenters. The van der Waals surface area contributed by atoms with Gasteiger partial charge in [-0.05, 0) is 54.3 Å². The number of halogens is 1. The fraction of sp³-hybridized carbons (Fsp3) is 0.409. The van der Waals surface area contributed by atoms with Crippen molar-refractivity contribution in [2.75, 3.05) is 13.1 Å². The summed E-state index contributed by atoms with van der Waals surface area (Å²) in [5.74, 6) is 0.0918. The maximum absolute atomic E-state index is 13.0. The molecule has 1 amide bonds. The van der Waals surface area contributed by atoms with Gasteiger partial charge in [-0.2, -0.15) is 0 Å². The van der Waals surface area contributed by atoms with Crippen LogP contribution in [0.4, 0.5) is 4.39 Å². The smallest absolute Gasteiger partial charge is 0.224 e. The molecule has 0 spiro atoms. The van der Waals surface area contributed by atoms with Gasteiger partial charge in [0.25, 0.3) is 0 Å². The Morgan fingerprint density at radius 1 is 1.08 bits per heavy atom. The number of carbonyl (C=O) groups excluding carboxylic acids is 1. The van der Waals surface area contributed by atoms with Gasteiger partial charge in [-0.25, -0.2) is 4.39 Å². The van der Waals surface area contributed by atoms with Crippen LogP contribution in [0, 0.1) is 11.7 Å². The van der Waals surface area contributed by atoms with Crippen molar-refractivity contribution in [1.82, 2.24) is 10.2 Å². The highest BCUT2D eigenvalue weighted by atomic mass is 19.1. The molecular formula is C22H27FN2O. The summed E-state index contributed by atoms with van der Waals surface area (Å²) < 4.78 is 13.0. The number of hydrogen-bond donors (Lipinski definition) is 1. The lowest BCUT2D eigenvalue weighted by atomic mass is 10.1. The Kier molecular flexibility index (Phi) is 6.04. The highest BCUT2D eigenvalue weighted by molar-refractivity contribution is 5.82. The van der Waals surface area contributed by atoms with Gasteiger partial charge >= 0.3 is 0 Å². The van der Waals surface area contributed by atoms with Gasteiger partial charge in [0.1, 0.15) is 5.82 Å². The van der Waals surface area contributed by atoms with Crippen molar-refractivity contribution in [2.24, 2.45) is 5.92 Å². The van der Waals surface area contributed by atoms with Crippen LogP contribution < -0.4 is 5.32 Å². The molecular weight excluding hydrogens is 327 g/mol. The van der Waals surface area contributed by atoms with Crippen LogP contribution in [0.25, 0.3) is 0 Å². The number of carbonyl (C=O) groups is 1. The molecule has 2 aromatic rings. The minimum absolute atomic E-state index is 0.00963. The average molecular weight is 354 g/mol. The van der Waals surface area contributed by atoms with Crippen molar-refractivity contribution in [2.45, 2.75) is 39.3 Å². The molecule has 1 fully saturated rings. The average Bonchev–Trinajstić information content (AvgIpc) is 3.46. The number of nitrogens with one attached hydrogen (secondary N) is 1. The molecule has 1 N–H and O–H groups in total. The lowest BCUT2D eigenvalue weighted by Crippen LogP contribution is -2.27. The van der Waals surface area contributed by atoms with Crippen LogP contribution in [0.2, 0.25) is 0 Å². The van der Waals surface area contributed by atoms with Crippen LogP contribution in [-0.2, 0) is 17.9 Å². The molecule has 0 aliphatic heterocycles. The second-order valence-corrected chi connectivity index (χ2v) is 6.95. The van der Waals surface area contributed by atoms with Crippen molar-refractivity contribution in [1.29, 1.82) is 0 Å². The second-order valence-electron chi connectivity index (χ2n) is 6.95. The van der Waals surface area contributed by atoms with Crippen molar-refractivity contribution in [3.05, 3.63) is 71.0 Å². The summed E-state index contributed by atoms with van der Waals surface area (Å²) in [5, 5.41) is 3.09. The maximum Gasteiger partial charge on any atom is 0.224 e. The normalized spacial score (nSPS) is 18.8. The summed E-state index contributed by atoms with van der Waals surface area (Å²) >= 11 is 0. The van der Waals surface area contributed by atoms with Gasteiger partial charge in [0.2, 0.25) is 5.91 Å². The minimum Gasteiger partial charge on any atom is -0.352 e. The number of benzene rings is 2. The Morgan fingerprint density at radius 3 is 2.38 bits per heavy atom. The zero-order chi connectivity index (χ0) is 18.5. The van der Waals surface area contributed by atoms with Gasteiger partial charge in [-0.3, -0.25) is 9.69 Å². The Labute approximate surface area is 155 Å². The Balaban J connectivity index is 1.56. The molecule has 26 heavy (non-hydrogen) atoms. The van der Waals surface area contributed by atoms with Crippen LogP contribution in [0.1, 0.15) is 42.9 Å². The maximum atomic E-state index is 13.0. The van der Waals surface area contributed by atoms with E-state index in [2.05, 4.69) is 42.3 Å². The summed E-state index contributed by atoms with van der Waals surface area (Å²) in [6, 6.07) is 14.8. The van der Waals surface area contributed by atoms with Crippen molar-refractivity contribution in [3.63, 3.8) is 0 Å². The van der Waals surface area contributed by atoms with E-state index in [9.17, 15) is 9.18 Å². The molecule has 3 nitrogen and oxygen atoms in total. The van der Waals surface area contributed by atoms with E-state index in [1.54, 1.807) is 12.1 Å². The number of nitrogens with zero attached hydrogens (tertiary/aromatic N) is 1. The summed E-state index contributed by atoms with van der Waals surface area (Å²) in [6.45, 7) is 7.81. The van der Waals surface area contributed by atoms with Gasteiger partial charge in [0.15, 0.2) is 0 Å². The van der Waals surface area contributed by atoms with E-state index in [1.165, 1.54) is 23.3 Å². The van der Waals surface area contributed by atoms with Crippen molar-refractivity contribution < 1.29 is 9.18 Å². The zero-order valence-corrected chi connectivity index (χ0v) is 15.5. The fourth-order valence-electron chi connectivity index (χ4n) is 3.45. The molecule has 1 aliphatic carbocycles. The molecule has 4 heteroatoms. The fourth-order valence-corrected chi connectivity index (χ4v) is 3.45. The molecule has 2 aromatic carbocycles. The molecule has 0 radical (unpaired) electrons. The summed E-state index contributed by atoms with van der Waals surface area (Å²) in [5.41, 5.74) is 3.49. The molecule has 0 aromatic heterocycles. The highest BCUT2D eigenvalue weighted by Crippen LogP contribution is 2.47.